The van der Waals surface area contributed by atoms with E-state index in [9.17, 15) is 10.2 Å². The van der Waals surface area contributed by atoms with Gasteiger partial charge in [0.1, 0.15) is 5.75 Å². The number of aliphatic hydroxyl groups excluding tert-OH is 1. The molecule has 0 bridgehead atoms. The summed E-state index contributed by atoms with van der Waals surface area (Å²) in [4.78, 5) is 0. The molecule has 0 heterocycles. The van der Waals surface area contributed by atoms with Crippen molar-refractivity contribution >= 4 is 0 Å². The van der Waals surface area contributed by atoms with Gasteiger partial charge in [-0.2, -0.15) is 0 Å². The SMILES string of the molecule is C=C1[C@@H](O)CC[C@]1(C)c1ccc(C)cc1O. The van der Waals surface area contributed by atoms with Crippen molar-refractivity contribution in [3.8, 4) is 5.75 Å². The number of hydrogen-bond donors (Lipinski definition) is 2. The van der Waals surface area contributed by atoms with Crippen molar-refractivity contribution in [2.45, 2.75) is 38.2 Å². The van der Waals surface area contributed by atoms with Crippen molar-refractivity contribution in [1.82, 2.24) is 0 Å². The van der Waals surface area contributed by atoms with Gasteiger partial charge < -0.3 is 10.2 Å². The molecule has 2 heteroatoms. The van der Waals surface area contributed by atoms with Crippen LogP contribution in [-0.2, 0) is 5.41 Å². The Morgan fingerprint density at radius 1 is 1.44 bits per heavy atom. The molecule has 2 N–H and O–H groups in total. The van der Waals surface area contributed by atoms with E-state index in [0.717, 1.165) is 29.5 Å². The summed E-state index contributed by atoms with van der Waals surface area (Å²) < 4.78 is 0. The largest absolute Gasteiger partial charge is 0.508 e. The van der Waals surface area contributed by atoms with Crippen molar-refractivity contribution in [2.75, 3.05) is 0 Å². The van der Waals surface area contributed by atoms with Crippen molar-refractivity contribution in [2.24, 2.45) is 0 Å². The van der Waals surface area contributed by atoms with Gasteiger partial charge in [-0.15, -0.1) is 0 Å². The highest BCUT2D eigenvalue weighted by molar-refractivity contribution is 5.47. The maximum atomic E-state index is 10.00. The van der Waals surface area contributed by atoms with Crippen molar-refractivity contribution in [3.05, 3.63) is 41.5 Å². The number of hydrogen-bond acceptors (Lipinski definition) is 2. The number of benzene rings is 1. The Labute approximate surface area is 96.2 Å². The fraction of sp³-hybridized carbons (Fsp3) is 0.429. The predicted octanol–water partition coefficient (Wildman–Crippen LogP) is 2.67. The van der Waals surface area contributed by atoms with Gasteiger partial charge in [0.05, 0.1) is 6.10 Å². The fourth-order valence-corrected chi connectivity index (χ4v) is 2.54. The molecule has 2 nitrogen and oxygen atoms in total. The Hall–Kier alpha value is -1.28. The molecular formula is C14H18O2. The van der Waals surface area contributed by atoms with E-state index in [-0.39, 0.29) is 5.41 Å². The first-order chi connectivity index (χ1) is 7.45. The second-order valence-electron chi connectivity index (χ2n) is 4.93. The highest BCUT2D eigenvalue weighted by Crippen LogP contribution is 2.47. The molecule has 0 unspecified atom stereocenters. The molecule has 0 amide bonds. The fourth-order valence-electron chi connectivity index (χ4n) is 2.54. The van der Waals surface area contributed by atoms with Crippen LogP contribution in [-0.4, -0.2) is 16.3 Å². The Morgan fingerprint density at radius 3 is 2.62 bits per heavy atom. The van der Waals surface area contributed by atoms with E-state index in [1.165, 1.54) is 0 Å². The van der Waals surface area contributed by atoms with Gasteiger partial charge in [-0.1, -0.05) is 25.6 Å². The second kappa shape index (κ2) is 3.63. The molecule has 2 atom stereocenters. The van der Waals surface area contributed by atoms with Gasteiger partial charge in [0.25, 0.3) is 0 Å². The molecule has 1 aliphatic rings. The standard InChI is InChI=1S/C14H18O2/c1-9-4-5-11(13(16)8-9)14(3)7-6-12(15)10(14)2/h4-5,8,12,15-16H,2,6-7H2,1,3H3/t12-,14-/m0/s1. The average Bonchev–Trinajstić information content (AvgIpc) is 2.47. The first-order valence-corrected chi connectivity index (χ1v) is 5.62. The number of phenolic OH excluding ortho intramolecular Hbond substituents is 1. The number of aromatic hydroxyl groups is 1. The molecule has 1 fully saturated rings. The molecule has 1 saturated carbocycles. The molecule has 2 rings (SSSR count). The van der Waals surface area contributed by atoms with Gasteiger partial charge in [0, 0.05) is 11.0 Å². The summed E-state index contributed by atoms with van der Waals surface area (Å²) in [5, 5.41) is 19.8. The molecule has 86 valence electrons. The van der Waals surface area contributed by atoms with Crippen LogP contribution in [0.1, 0.15) is 30.9 Å². The van der Waals surface area contributed by atoms with Crippen LogP contribution in [0.2, 0.25) is 0 Å². The maximum absolute atomic E-state index is 10.00. The highest BCUT2D eigenvalue weighted by Gasteiger charge is 2.40. The minimum Gasteiger partial charge on any atom is -0.508 e. The molecule has 0 radical (unpaired) electrons. The number of aliphatic hydroxyl groups is 1. The van der Waals surface area contributed by atoms with Gasteiger partial charge >= 0.3 is 0 Å². The zero-order valence-electron chi connectivity index (χ0n) is 9.83. The van der Waals surface area contributed by atoms with E-state index in [4.69, 9.17) is 0 Å². The van der Waals surface area contributed by atoms with Gasteiger partial charge in [-0.3, -0.25) is 0 Å². The summed E-state index contributed by atoms with van der Waals surface area (Å²) in [6, 6.07) is 5.69. The topological polar surface area (TPSA) is 40.5 Å². The molecule has 16 heavy (non-hydrogen) atoms. The van der Waals surface area contributed by atoms with Crippen LogP contribution >= 0.6 is 0 Å². The van der Waals surface area contributed by atoms with Crippen LogP contribution in [0.15, 0.2) is 30.4 Å². The lowest BCUT2D eigenvalue weighted by atomic mass is 9.77. The van der Waals surface area contributed by atoms with Gasteiger partial charge in [0.2, 0.25) is 0 Å². The third-order valence-corrected chi connectivity index (χ3v) is 3.78. The number of aryl methyl sites for hydroxylation is 1. The first-order valence-electron chi connectivity index (χ1n) is 5.62. The third-order valence-electron chi connectivity index (χ3n) is 3.78. The predicted molar refractivity (Wildman–Crippen MR) is 64.6 cm³/mol. The number of phenols is 1. The van der Waals surface area contributed by atoms with Gasteiger partial charge in [0.15, 0.2) is 0 Å². The third kappa shape index (κ3) is 1.54. The zero-order valence-corrected chi connectivity index (χ0v) is 9.83. The maximum Gasteiger partial charge on any atom is 0.119 e. The average molecular weight is 218 g/mol. The highest BCUT2D eigenvalue weighted by atomic mass is 16.3. The molecule has 0 spiro atoms. The molecular weight excluding hydrogens is 200 g/mol. The lowest BCUT2D eigenvalue weighted by molar-refractivity contribution is 0.217. The van der Waals surface area contributed by atoms with E-state index in [1.807, 2.05) is 26.0 Å². The second-order valence-corrected chi connectivity index (χ2v) is 4.93. The van der Waals surface area contributed by atoms with E-state index in [1.54, 1.807) is 6.07 Å². The van der Waals surface area contributed by atoms with E-state index < -0.39 is 6.10 Å². The lowest BCUT2D eigenvalue weighted by Gasteiger charge is -2.27. The Morgan fingerprint density at radius 2 is 2.12 bits per heavy atom. The Kier molecular flexibility index (Phi) is 2.55. The molecule has 0 aliphatic heterocycles. The number of rotatable bonds is 1. The quantitative estimate of drug-likeness (QED) is 0.711. The van der Waals surface area contributed by atoms with Crippen LogP contribution in [0.5, 0.6) is 5.75 Å². The van der Waals surface area contributed by atoms with Crippen LogP contribution in [0.4, 0.5) is 0 Å². The minimum absolute atomic E-state index is 0.294. The van der Waals surface area contributed by atoms with Gasteiger partial charge in [-0.05, 0) is 37.0 Å². The molecule has 0 aromatic heterocycles. The Balaban J connectivity index is 2.48. The smallest absolute Gasteiger partial charge is 0.119 e. The monoisotopic (exact) mass is 218 g/mol. The minimum atomic E-state index is -0.439. The van der Waals surface area contributed by atoms with Crippen molar-refractivity contribution in [3.63, 3.8) is 0 Å². The summed E-state index contributed by atoms with van der Waals surface area (Å²) >= 11 is 0. The Bertz CT molecular complexity index is 436. The lowest BCUT2D eigenvalue weighted by Crippen LogP contribution is -2.22. The molecule has 1 aromatic rings. The van der Waals surface area contributed by atoms with Crippen molar-refractivity contribution in [1.29, 1.82) is 0 Å². The first kappa shape index (κ1) is 11.2. The van der Waals surface area contributed by atoms with E-state index >= 15 is 0 Å². The van der Waals surface area contributed by atoms with Crippen LogP contribution < -0.4 is 0 Å². The molecule has 0 saturated heterocycles. The zero-order chi connectivity index (χ0) is 11.9. The van der Waals surface area contributed by atoms with E-state index in [0.29, 0.717) is 5.75 Å². The van der Waals surface area contributed by atoms with Crippen LogP contribution in [0.3, 0.4) is 0 Å². The normalized spacial score (nSPS) is 29.7. The summed E-state index contributed by atoms with van der Waals surface area (Å²) in [6.07, 6.45) is 1.12. The van der Waals surface area contributed by atoms with E-state index in [2.05, 4.69) is 6.58 Å². The summed E-state index contributed by atoms with van der Waals surface area (Å²) in [6.45, 7) is 7.95. The van der Waals surface area contributed by atoms with Gasteiger partial charge in [-0.25, -0.2) is 0 Å². The van der Waals surface area contributed by atoms with Crippen LogP contribution in [0.25, 0.3) is 0 Å². The van der Waals surface area contributed by atoms with Crippen molar-refractivity contribution < 1.29 is 10.2 Å². The molecule has 1 aromatic carbocycles. The molecule has 1 aliphatic carbocycles. The summed E-state index contributed by atoms with van der Waals surface area (Å²) in [5.74, 6) is 0.303. The summed E-state index contributed by atoms with van der Waals surface area (Å²) in [5.41, 5.74) is 2.43. The van der Waals surface area contributed by atoms with Crippen LogP contribution in [0, 0.1) is 6.92 Å². The summed E-state index contributed by atoms with van der Waals surface area (Å²) in [7, 11) is 0.